The molecule has 2 fully saturated rings. The maximum absolute atomic E-state index is 12.7. The summed E-state index contributed by atoms with van der Waals surface area (Å²) in [6.45, 7) is 5.39. The van der Waals surface area contributed by atoms with E-state index >= 15 is 0 Å². The average Bonchev–Trinajstić information content (AvgIpc) is 3.12. The Morgan fingerprint density at radius 3 is 2.65 bits per heavy atom. The molecule has 0 unspecified atom stereocenters. The number of amides is 1. The summed E-state index contributed by atoms with van der Waals surface area (Å²) in [7, 11) is -3.54. The lowest BCUT2D eigenvalue weighted by Crippen LogP contribution is -2.39. The Balaban J connectivity index is 1.70. The normalized spacial score (nSPS) is 22.5. The van der Waals surface area contributed by atoms with Crippen molar-refractivity contribution in [3.8, 4) is 0 Å². The van der Waals surface area contributed by atoms with E-state index in [0.29, 0.717) is 36.3 Å². The molecule has 0 aliphatic carbocycles. The van der Waals surface area contributed by atoms with Gasteiger partial charge in [0.15, 0.2) is 0 Å². The number of hydrogen-bond acceptors (Lipinski definition) is 4. The van der Waals surface area contributed by atoms with Gasteiger partial charge in [0.05, 0.1) is 22.2 Å². The molecule has 0 aromatic heterocycles. The number of halogens is 1. The number of carbonyl (C=O) groups excluding carboxylic acids is 1. The van der Waals surface area contributed by atoms with Gasteiger partial charge in [0.2, 0.25) is 15.9 Å². The van der Waals surface area contributed by atoms with E-state index in [0.717, 1.165) is 32.4 Å². The fourth-order valence-corrected chi connectivity index (χ4v) is 5.37. The number of nitrogens with zero attached hydrogens (tertiary/aromatic N) is 2. The monoisotopic (exact) mass is 399 g/mol. The molecule has 144 valence electrons. The third kappa shape index (κ3) is 4.57. The maximum atomic E-state index is 12.7. The van der Waals surface area contributed by atoms with Gasteiger partial charge in [0, 0.05) is 19.6 Å². The number of piperidine rings is 1. The van der Waals surface area contributed by atoms with Crippen molar-refractivity contribution in [3.05, 3.63) is 23.2 Å². The van der Waals surface area contributed by atoms with Crippen molar-refractivity contribution in [1.29, 1.82) is 0 Å². The van der Waals surface area contributed by atoms with Crippen LogP contribution in [-0.4, -0.2) is 56.3 Å². The molecule has 2 aliphatic rings. The van der Waals surface area contributed by atoms with E-state index in [2.05, 4.69) is 17.1 Å². The maximum Gasteiger partial charge on any atom is 0.243 e. The third-order valence-electron chi connectivity index (χ3n) is 5.02. The van der Waals surface area contributed by atoms with E-state index in [1.54, 1.807) is 0 Å². The lowest BCUT2D eigenvalue weighted by Gasteiger charge is -2.30. The fraction of sp³-hybridized carbons (Fsp3) is 0.611. The Morgan fingerprint density at radius 2 is 1.96 bits per heavy atom. The van der Waals surface area contributed by atoms with Gasteiger partial charge in [-0.2, -0.15) is 4.31 Å². The molecule has 2 aliphatic heterocycles. The second-order valence-electron chi connectivity index (χ2n) is 7.28. The molecule has 0 saturated carbocycles. The molecular formula is C18H26ClN3O3S. The highest BCUT2D eigenvalue weighted by Crippen LogP contribution is 2.28. The van der Waals surface area contributed by atoms with Gasteiger partial charge in [-0.3, -0.25) is 9.69 Å². The minimum absolute atomic E-state index is 0.170. The van der Waals surface area contributed by atoms with Crippen LogP contribution in [0.4, 0.5) is 5.69 Å². The average molecular weight is 400 g/mol. The molecule has 6 nitrogen and oxygen atoms in total. The Morgan fingerprint density at radius 1 is 1.23 bits per heavy atom. The zero-order valence-electron chi connectivity index (χ0n) is 15.1. The van der Waals surface area contributed by atoms with Gasteiger partial charge in [0.25, 0.3) is 0 Å². The first-order valence-corrected chi connectivity index (χ1v) is 11.0. The van der Waals surface area contributed by atoms with Crippen molar-refractivity contribution >= 4 is 33.2 Å². The zero-order chi connectivity index (χ0) is 18.7. The predicted octanol–water partition coefficient (Wildman–Crippen LogP) is 2.79. The largest absolute Gasteiger partial charge is 0.324 e. The molecule has 1 aromatic carbocycles. The summed E-state index contributed by atoms with van der Waals surface area (Å²) in [5.41, 5.74) is 0.349. The molecule has 1 atom stereocenters. The van der Waals surface area contributed by atoms with Crippen LogP contribution in [0.5, 0.6) is 0 Å². The summed E-state index contributed by atoms with van der Waals surface area (Å²) in [6.07, 6.45) is 4.05. The van der Waals surface area contributed by atoms with Crippen LogP contribution in [0.25, 0.3) is 0 Å². The topological polar surface area (TPSA) is 69.7 Å². The van der Waals surface area contributed by atoms with Crippen molar-refractivity contribution in [2.45, 2.75) is 37.5 Å². The molecule has 0 spiro atoms. The van der Waals surface area contributed by atoms with E-state index < -0.39 is 10.0 Å². The Labute approximate surface area is 160 Å². The van der Waals surface area contributed by atoms with Crippen LogP contribution in [0.15, 0.2) is 23.1 Å². The number of sulfonamides is 1. The highest BCUT2D eigenvalue weighted by molar-refractivity contribution is 7.89. The molecule has 2 saturated heterocycles. The summed E-state index contributed by atoms with van der Waals surface area (Å²) in [5, 5.41) is 3.12. The number of benzene rings is 1. The van der Waals surface area contributed by atoms with Gasteiger partial charge in [-0.1, -0.05) is 18.5 Å². The zero-order valence-corrected chi connectivity index (χ0v) is 16.7. The predicted molar refractivity (Wildman–Crippen MR) is 103 cm³/mol. The molecule has 8 heteroatoms. The summed E-state index contributed by atoms with van der Waals surface area (Å²) in [4.78, 5) is 14.7. The fourth-order valence-electron chi connectivity index (χ4n) is 3.66. The number of carbonyl (C=O) groups is 1. The third-order valence-corrected chi connectivity index (χ3v) is 7.25. The molecule has 2 heterocycles. The summed E-state index contributed by atoms with van der Waals surface area (Å²) in [6, 6.07) is 4.49. The van der Waals surface area contributed by atoms with Crippen LogP contribution in [0.2, 0.25) is 5.02 Å². The lowest BCUT2D eigenvalue weighted by atomic mass is 10.0. The SMILES string of the molecule is C[C@@H]1CCCN(CC(=O)Nc2cc(S(=O)(=O)N3CCCC3)ccc2Cl)C1. The highest BCUT2D eigenvalue weighted by Gasteiger charge is 2.28. The lowest BCUT2D eigenvalue weighted by molar-refractivity contribution is -0.117. The Kier molecular flexibility index (Phi) is 6.22. The molecule has 1 N–H and O–H groups in total. The molecule has 1 amide bonds. The second-order valence-corrected chi connectivity index (χ2v) is 9.63. The van der Waals surface area contributed by atoms with Crippen LogP contribution < -0.4 is 5.32 Å². The van der Waals surface area contributed by atoms with Crippen LogP contribution >= 0.6 is 11.6 Å². The minimum Gasteiger partial charge on any atom is -0.324 e. The number of rotatable bonds is 5. The number of hydrogen-bond donors (Lipinski definition) is 1. The molecule has 0 radical (unpaired) electrons. The van der Waals surface area contributed by atoms with Gasteiger partial charge >= 0.3 is 0 Å². The number of anilines is 1. The quantitative estimate of drug-likeness (QED) is 0.826. The standard InChI is InChI=1S/C18H26ClN3O3S/c1-14-5-4-8-21(12-14)13-18(23)20-17-11-15(6-7-16(17)19)26(24,25)22-9-2-3-10-22/h6-7,11,14H,2-5,8-10,12-13H2,1H3,(H,20,23)/t14-/m1/s1. The minimum atomic E-state index is -3.54. The smallest absolute Gasteiger partial charge is 0.243 e. The molecule has 0 bridgehead atoms. The summed E-state index contributed by atoms with van der Waals surface area (Å²) in [5.74, 6) is 0.422. The second kappa shape index (κ2) is 8.25. The first-order chi connectivity index (χ1) is 12.4. The van der Waals surface area contributed by atoms with E-state index in [-0.39, 0.29) is 10.8 Å². The van der Waals surface area contributed by atoms with Crippen molar-refractivity contribution < 1.29 is 13.2 Å². The van der Waals surface area contributed by atoms with Crippen molar-refractivity contribution in [3.63, 3.8) is 0 Å². The van der Waals surface area contributed by atoms with Crippen molar-refractivity contribution in [2.24, 2.45) is 5.92 Å². The van der Waals surface area contributed by atoms with Crippen LogP contribution in [0, 0.1) is 5.92 Å². The summed E-state index contributed by atoms with van der Waals surface area (Å²) >= 11 is 6.18. The first-order valence-electron chi connectivity index (χ1n) is 9.18. The van der Waals surface area contributed by atoms with E-state index in [4.69, 9.17) is 11.6 Å². The van der Waals surface area contributed by atoms with Gasteiger partial charge < -0.3 is 5.32 Å². The Hall–Kier alpha value is -1.15. The molecule has 26 heavy (non-hydrogen) atoms. The van der Waals surface area contributed by atoms with Gasteiger partial charge in [0.1, 0.15) is 0 Å². The van der Waals surface area contributed by atoms with Crippen molar-refractivity contribution in [1.82, 2.24) is 9.21 Å². The Bertz CT molecular complexity index is 763. The van der Waals surface area contributed by atoms with Crippen molar-refractivity contribution in [2.75, 3.05) is 38.0 Å². The molecule has 3 rings (SSSR count). The van der Waals surface area contributed by atoms with Gasteiger partial charge in [-0.25, -0.2) is 8.42 Å². The van der Waals surface area contributed by atoms with Gasteiger partial charge in [-0.05, 0) is 56.3 Å². The molecular weight excluding hydrogens is 374 g/mol. The summed E-state index contributed by atoms with van der Waals surface area (Å²) < 4.78 is 26.9. The van der Waals surface area contributed by atoms with Gasteiger partial charge in [-0.15, -0.1) is 0 Å². The number of nitrogens with one attached hydrogen (secondary N) is 1. The van der Waals surface area contributed by atoms with Crippen LogP contribution in [0.1, 0.15) is 32.6 Å². The van der Waals surface area contributed by atoms with Crippen LogP contribution in [0.3, 0.4) is 0 Å². The van der Waals surface area contributed by atoms with E-state index in [9.17, 15) is 13.2 Å². The number of likely N-dealkylation sites (tertiary alicyclic amines) is 1. The first kappa shape index (κ1) is 19.6. The highest BCUT2D eigenvalue weighted by atomic mass is 35.5. The van der Waals surface area contributed by atoms with E-state index in [1.807, 2.05) is 0 Å². The molecule has 1 aromatic rings. The van der Waals surface area contributed by atoms with Crippen LogP contribution in [-0.2, 0) is 14.8 Å². The van der Waals surface area contributed by atoms with E-state index in [1.165, 1.54) is 28.9 Å².